The molecule has 1 aromatic rings. The molecule has 0 radical (unpaired) electrons. The lowest BCUT2D eigenvalue weighted by Gasteiger charge is -2.60. The van der Waals surface area contributed by atoms with E-state index in [0.29, 0.717) is 23.9 Å². The van der Waals surface area contributed by atoms with Gasteiger partial charge < -0.3 is 19.7 Å². The van der Waals surface area contributed by atoms with Crippen molar-refractivity contribution in [1.29, 1.82) is 0 Å². The summed E-state index contributed by atoms with van der Waals surface area (Å²) in [6, 6.07) is 6.19. The lowest BCUT2D eigenvalue weighted by atomic mass is 9.55. The quantitative estimate of drug-likeness (QED) is 0.405. The van der Waals surface area contributed by atoms with Crippen molar-refractivity contribution < 1.29 is 9.47 Å². The Bertz CT molecular complexity index is 655. The first-order chi connectivity index (χ1) is 12.6. The van der Waals surface area contributed by atoms with Gasteiger partial charge >= 0.3 is 0 Å². The van der Waals surface area contributed by atoms with Crippen molar-refractivity contribution in [1.82, 2.24) is 15.2 Å². The van der Waals surface area contributed by atoms with Gasteiger partial charge in [0.05, 0.1) is 12.6 Å². The van der Waals surface area contributed by atoms with Crippen molar-refractivity contribution in [3.63, 3.8) is 0 Å². The Hall–Kier alpha value is -1.09. The number of pyridine rings is 1. The molecule has 4 unspecified atom stereocenters. The number of fused-ring (bicyclic) bond motifs is 1. The molecule has 3 aliphatic rings. The molecule has 27 heavy (non-hydrogen) atoms. The molecule has 1 saturated carbocycles. The molecule has 0 aromatic carbocycles. The molecule has 4 rings (SSSR count). The zero-order valence-electron chi connectivity index (χ0n) is 16.4. The van der Waals surface area contributed by atoms with Crippen LogP contribution in [-0.2, 0) is 4.74 Å². The van der Waals surface area contributed by atoms with Crippen LogP contribution in [0.2, 0.25) is 0 Å². The number of aromatic nitrogens is 1. The number of hydrogen-bond acceptors (Lipinski definition) is 4. The average Bonchev–Trinajstić information content (AvgIpc) is 3.11. The average molecular weight is 486 g/mol. The van der Waals surface area contributed by atoms with Crippen LogP contribution in [0.25, 0.3) is 0 Å². The van der Waals surface area contributed by atoms with Gasteiger partial charge in [0.25, 0.3) is 0 Å². The van der Waals surface area contributed by atoms with E-state index in [-0.39, 0.29) is 35.5 Å². The Kier molecular flexibility index (Phi) is 6.50. The molecule has 1 aromatic heterocycles. The molecule has 2 aliphatic heterocycles. The normalized spacial score (nSPS) is 32.1. The van der Waals surface area contributed by atoms with Gasteiger partial charge in [-0.15, -0.1) is 24.0 Å². The summed E-state index contributed by atoms with van der Waals surface area (Å²) >= 11 is 0. The number of nitrogens with one attached hydrogen (secondary N) is 1. The fourth-order valence-corrected chi connectivity index (χ4v) is 4.86. The number of hydrogen-bond donors (Lipinski definition) is 1. The van der Waals surface area contributed by atoms with Crippen LogP contribution < -0.4 is 10.1 Å². The predicted molar refractivity (Wildman–Crippen MR) is 117 cm³/mol. The number of guanidine groups is 1. The van der Waals surface area contributed by atoms with Gasteiger partial charge in [-0.25, -0.2) is 4.98 Å². The van der Waals surface area contributed by atoms with Crippen molar-refractivity contribution in [3.05, 3.63) is 24.4 Å². The summed E-state index contributed by atoms with van der Waals surface area (Å²) in [7, 11) is 1.87. The van der Waals surface area contributed by atoms with Gasteiger partial charge in [-0.2, -0.15) is 0 Å². The van der Waals surface area contributed by atoms with Crippen molar-refractivity contribution in [2.24, 2.45) is 16.3 Å². The Morgan fingerprint density at radius 3 is 2.96 bits per heavy atom. The number of rotatable bonds is 3. The topological polar surface area (TPSA) is 59.0 Å². The van der Waals surface area contributed by atoms with Crippen LogP contribution in [0.4, 0.5) is 0 Å². The third-order valence-electron chi connectivity index (χ3n) is 6.20. The Balaban J connectivity index is 0.00000210. The van der Waals surface area contributed by atoms with Crippen molar-refractivity contribution in [3.8, 4) is 5.88 Å². The monoisotopic (exact) mass is 486 g/mol. The molecular weight excluding hydrogens is 455 g/mol. The fraction of sp³-hybridized carbons (Fsp3) is 0.700. The minimum Gasteiger partial charge on any atom is -0.472 e. The number of halogens is 1. The van der Waals surface area contributed by atoms with E-state index in [2.05, 4.69) is 34.0 Å². The summed E-state index contributed by atoms with van der Waals surface area (Å²) in [6.45, 7) is 7.32. The van der Waals surface area contributed by atoms with E-state index in [9.17, 15) is 0 Å². The lowest BCUT2D eigenvalue weighted by Crippen LogP contribution is -2.71. The maximum atomic E-state index is 6.03. The van der Waals surface area contributed by atoms with E-state index in [4.69, 9.17) is 9.47 Å². The van der Waals surface area contributed by atoms with Crippen LogP contribution in [0.3, 0.4) is 0 Å². The van der Waals surface area contributed by atoms with Crippen molar-refractivity contribution >= 4 is 29.9 Å². The second kappa shape index (κ2) is 8.51. The summed E-state index contributed by atoms with van der Waals surface area (Å²) in [5, 5.41) is 3.74. The molecule has 1 aliphatic carbocycles. The Labute approximate surface area is 179 Å². The molecule has 7 heteroatoms. The highest BCUT2D eigenvalue weighted by atomic mass is 127. The van der Waals surface area contributed by atoms with Crippen LogP contribution in [0, 0.1) is 11.3 Å². The number of aliphatic imine (C=N–C) groups is 1. The Morgan fingerprint density at radius 1 is 1.37 bits per heavy atom. The van der Waals surface area contributed by atoms with Gasteiger partial charge in [0.15, 0.2) is 5.96 Å². The molecule has 6 nitrogen and oxygen atoms in total. The second-order valence-electron chi connectivity index (χ2n) is 8.23. The van der Waals surface area contributed by atoms with Gasteiger partial charge in [0, 0.05) is 56.3 Å². The fourth-order valence-electron chi connectivity index (χ4n) is 4.86. The van der Waals surface area contributed by atoms with Gasteiger partial charge in [0.1, 0.15) is 6.10 Å². The van der Waals surface area contributed by atoms with Gasteiger partial charge in [0.2, 0.25) is 5.88 Å². The maximum Gasteiger partial charge on any atom is 0.213 e. The minimum atomic E-state index is 0. The first-order valence-corrected chi connectivity index (χ1v) is 9.77. The highest BCUT2D eigenvalue weighted by molar-refractivity contribution is 14.0. The molecule has 4 atom stereocenters. The summed E-state index contributed by atoms with van der Waals surface area (Å²) in [6.07, 6.45) is 5.70. The van der Waals surface area contributed by atoms with Crippen molar-refractivity contribution in [2.75, 3.05) is 26.7 Å². The van der Waals surface area contributed by atoms with Crippen LogP contribution >= 0.6 is 24.0 Å². The molecule has 2 saturated heterocycles. The maximum absolute atomic E-state index is 6.03. The standard InChI is InChI=1S/C20H30N4O2.HI/c1-20(2)17(15-7-6-12-25-18(15)20)23-19(21-3)24-11-9-14(13-24)26-16-8-4-5-10-22-16;/h4-5,8,10,14-15,17-18H,6-7,9,11-13H2,1-3H3,(H,21,23);1H. The summed E-state index contributed by atoms with van der Waals surface area (Å²) < 4.78 is 12.0. The molecule has 3 heterocycles. The molecule has 3 fully saturated rings. The molecule has 0 spiro atoms. The van der Waals surface area contributed by atoms with E-state index in [1.165, 1.54) is 6.42 Å². The second-order valence-corrected chi connectivity index (χ2v) is 8.23. The van der Waals surface area contributed by atoms with E-state index in [0.717, 1.165) is 38.5 Å². The number of ether oxygens (including phenoxy) is 2. The van der Waals surface area contributed by atoms with E-state index >= 15 is 0 Å². The van der Waals surface area contributed by atoms with Gasteiger partial charge in [-0.3, -0.25) is 4.99 Å². The number of nitrogens with zero attached hydrogens (tertiary/aromatic N) is 3. The lowest BCUT2D eigenvalue weighted by molar-refractivity contribution is -0.188. The highest BCUT2D eigenvalue weighted by Gasteiger charge is 2.58. The molecule has 0 amide bonds. The van der Waals surface area contributed by atoms with Crippen LogP contribution in [0.1, 0.15) is 33.1 Å². The van der Waals surface area contributed by atoms with Crippen LogP contribution in [-0.4, -0.2) is 60.8 Å². The zero-order valence-corrected chi connectivity index (χ0v) is 18.8. The highest BCUT2D eigenvalue weighted by Crippen LogP contribution is 2.51. The molecular formula is C20H31IN4O2. The van der Waals surface area contributed by atoms with Crippen LogP contribution in [0.15, 0.2) is 29.4 Å². The Morgan fingerprint density at radius 2 is 2.22 bits per heavy atom. The molecule has 1 N–H and O–H groups in total. The first kappa shape index (κ1) is 20.6. The third kappa shape index (κ3) is 4.04. The SMILES string of the molecule is CN=C(NC1C2CCCOC2C1(C)C)N1CCC(Oc2ccccn2)C1.I. The van der Waals surface area contributed by atoms with Gasteiger partial charge in [-0.05, 0) is 18.9 Å². The third-order valence-corrected chi connectivity index (χ3v) is 6.20. The summed E-state index contributed by atoms with van der Waals surface area (Å²) in [5.74, 6) is 2.28. The van der Waals surface area contributed by atoms with Crippen LogP contribution in [0.5, 0.6) is 5.88 Å². The van der Waals surface area contributed by atoms with E-state index in [1.807, 2.05) is 25.2 Å². The molecule has 0 bridgehead atoms. The van der Waals surface area contributed by atoms with Crippen molar-refractivity contribution in [2.45, 2.75) is 51.4 Å². The van der Waals surface area contributed by atoms with E-state index < -0.39 is 0 Å². The molecule has 150 valence electrons. The number of likely N-dealkylation sites (tertiary alicyclic amines) is 1. The largest absolute Gasteiger partial charge is 0.472 e. The van der Waals surface area contributed by atoms with Gasteiger partial charge in [-0.1, -0.05) is 19.9 Å². The smallest absolute Gasteiger partial charge is 0.213 e. The predicted octanol–water partition coefficient (Wildman–Crippen LogP) is 2.93. The van der Waals surface area contributed by atoms with E-state index in [1.54, 1.807) is 6.20 Å². The first-order valence-electron chi connectivity index (χ1n) is 9.77. The summed E-state index contributed by atoms with van der Waals surface area (Å²) in [5.41, 5.74) is 0.143. The summed E-state index contributed by atoms with van der Waals surface area (Å²) in [4.78, 5) is 11.1. The minimum absolute atomic E-state index is 0. The zero-order chi connectivity index (χ0) is 18.1.